The van der Waals surface area contributed by atoms with E-state index in [9.17, 15) is 18.0 Å². The van der Waals surface area contributed by atoms with Crippen LogP contribution in [0.5, 0.6) is 0 Å². The van der Waals surface area contributed by atoms with E-state index < -0.39 is 9.84 Å². The van der Waals surface area contributed by atoms with Crippen molar-refractivity contribution in [2.75, 3.05) is 22.1 Å². The number of hydrogen-bond acceptors (Lipinski definition) is 5. The third-order valence-electron chi connectivity index (χ3n) is 4.40. The number of carbonyl (C=O) groups excluding carboxylic acids is 2. The molecule has 0 aliphatic carbocycles. The van der Waals surface area contributed by atoms with Crippen molar-refractivity contribution >= 4 is 44.8 Å². The first kappa shape index (κ1) is 20.4. The molecule has 28 heavy (non-hydrogen) atoms. The second kappa shape index (κ2) is 8.36. The maximum atomic E-state index is 12.6. The van der Waals surface area contributed by atoms with E-state index in [1.54, 1.807) is 12.1 Å². The van der Waals surface area contributed by atoms with Gasteiger partial charge in [0.25, 0.3) is 0 Å². The van der Waals surface area contributed by atoms with E-state index in [-0.39, 0.29) is 34.6 Å². The molecule has 0 aromatic heterocycles. The van der Waals surface area contributed by atoms with Crippen LogP contribution in [0.15, 0.2) is 52.3 Å². The van der Waals surface area contributed by atoms with Crippen LogP contribution in [0.1, 0.15) is 31.7 Å². The first-order chi connectivity index (χ1) is 13.2. The molecular formula is C20H22N2O4S2. The minimum absolute atomic E-state index is 0.105. The lowest BCUT2D eigenvalue weighted by atomic mass is 10.0. The van der Waals surface area contributed by atoms with Gasteiger partial charge in [-0.2, -0.15) is 0 Å². The molecule has 148 valence electrons. The summed E-state index contributed by atoms with van der Waals surface area (Å²) < 4.78 is 25.2. The molecule has 0 unspecified atom stereocenters. The van der Waals surface area contributed by atoms with Crippen molar-refractivity contribution in [3.8, 4) is 0 Å². The molecular weight excluding hydrogens is 396 g/mol. The van der Waals surface area contributed by atoms with E-state index in [1.165, 1.54) is 23.4 Å². The molecule has 6 nitrogen and oxygen atoms in total. The number of rotatable bonds is 6. The maximum Gasteiger partial charge on any atom is 0.234 e. The lowest BCUT2D eigenvalue weighted by Crippen LogP contribution is -2.20. The van der Waals surface area contributed by atoms with Gasteiger partial charge in [-0.25, -0.2) is 8.42 Å². The molecule has 0 saturated heterocycles. The minimum atomic E-state index is -3.60. The lowest BCUT2D eigenvalue weighted by molar-refractivity contribution is -0.116. The zero-order chi connectivity index (χ0) is 20.3. The predicted molar refractivity (Wildman–Crippen MR) is 112 cm³/mol. The van der Waals surface area contributed by atoms with E-state index in [4.69, 9.17) is 0 Å². The number of hydrogen-bond donors (Lipinski definition) is 2. The number of nitrogens with one attached hydrogen (secondary N) is 2. The molecule has 2 N–H and O–H groups in total. The Morgan fingerprint density at radius 2 is 1.89 bits per heavy atom. The van der Waals surface area contributed by atoms with E-state index in [0.29, 0.717) is 17.3 Å². The Morgan fingerprint density at radius 3 is 2.57 bits per heavy atom. The SMILES string of the molecule is CC(C)c1ccc(NC(=O)CCS(=O)(=O)c2ccc3c(c2)SCC(=O)N3)cc1. The predicted octanol–water partition coefficient (Wildman–Crippen LogP) is 3.66. The monoisotopic (exact) mass is 418 g/mol. The van der Waals surface area contributed by atoms with Crippen molar-refractivity contribution in [2.45, 2.75) is 36.0 Å². The summed E-state index contributed by atoms with van der Waals surface area (Å²) in [5.41, 5.74) is 2.43. The summed E-state index contributed by atoms with van der Waals surface area (Å²) in [6, 6.07) is 12.1. The van der Waals surface area contributed by atoms with Crippen LogP contribution in [0.2, 0.25) is 0 Å². The summed E-state index contributed by atoms with van der Waals surface area (Å²) >= 11 is 1.30. The topological polar surface area (TPSA) is 92.3 Å². The number of benzene rings is 2. The van der Waals surface area contributed by atoms with Gasteiger partial charge in [-0.1, -0.05) is 26.0 Å². The maximum absolute atomic E-state index is 12.6. The molecule has 0 radical (unpaired) electrons. The Balaban J connectivity index is 1.61. The van der Waals surface area contributed by atoms with E-state index in [0.717, 1.165) is 4.90 Å². The van der Waals surface area contributed by atoms with Crippen molar-refractivity contribution in [2.24, 2.45) is 0 Å². The summed E-state index contributed by atoms with van der Waals surface area (Å²) in [6.45, 7) is 4.18. The molecule has 3 rings (SSSR count). The summed E-state index contributed by atoms with van der Waals surface area (Å²) in [4.78, 5) is 24.4. The number of anilines is 2. The molecule has 0 atom stereocenters. The zero-order valence-electron chi connectivity index (χ0n) is 15.7. The molecule has 8 heteroatoms. The van der Waals surface area contributed by atoms with Crippen molar-refractivity contribution in [3.63, 3.8) is 0 Å². The average Bonchev–Trinajstić information content (AvgIpc) is 2.66. The second-order valence-corrected chi connectivity index (χ2v) is 10.0. The van der Waals surface area contributed by atoms with Gasteiger partial charge in [-0.15, -0.1) is 11.8 Å². The molecule has 1 aliphatic heterocycles. The van der Waals surface area contributed by atoms with Gasteiger partial charge in [0.05, 0.1) is 22.1 Å². The molecule has 2 amide bonds. The number of amides is 2. The van der Waals surface area contributed by atoms with Crippen LogP contribution in [0, 0.1) is 0 Å². The molecule has 2 aromatic carbocycles. The quantitative estimate of drug-likeness (QED) is 0.747. The molecule has 0 fully saturated rings. The van der Waals surface area contributed by atoms with Crippen LogP contribution in [-0.4, -0.2) is 31.7 Å². The van der Waals surface area contributed by atoms with Crippen molar-refractivity contribution in [1.82, 2.24) is 0 Å². The van der Waals surface area contributed by atoms with Crippen LogP contribution in [-0.2, 0) is 19.4 Å². The van der Waals surface area contributed by atoms with Gasteiger partial charge in [0.1, 0.15) is 0 Å². The Labute approximate surface area is 169 Å². The molecule has 2 aromatic rings. The average molecular weight is 419 g/mol. The Morgan fingerprint density at radius 1 is 1.18 bits per heavy atom. The minimum Gasteiger partial charge on any atom is -0.326 e. The van der Waals surface area contributed by atoms with E-state index in [1.807, 2.05) is 24.3 Å². The number of thioether (sulfide) groups is 1. The van der Waals surface area contributed by atoms with Gasteiger partial charge >= 0.3 is 0 Å². The zero-order valence-corrected chi connectivity index (χ0v) is 17.3. The van der Waals surface area contributed by atoms with Crippen LogP contribution in [0.4, 0.5) is 11.4 Å². The summed E-state index contributed by atoms with van der Waals surface area (Å²) in [7, 11) is -3.60. The highest BCUT2D eigenvalue weighted by molar-refractivity contribution is 8.00. The lowest BCUT2D eigenvalue weighted by Gasteiger charge is -2.17. The fourth-order valence-corrected chi connectivity index (χ4v) is 4.95. The Hall–Kier alpha value is -2.32. The fourth-order valence-electron chi connectivity index (χ4n) is 2.77. The molecule has 1 aliphatic rings. The molecule has 0 bridgehead atoms. The first-order valence-corrected chi connectivity index (χ1v) is 11.6. The van der Waals surface area contributed by atoms with Crippen LogP contribution < -0.4 is 10.6 Å². The van der Waals surface area contributed by atoms with Gasteiger partial charge in [-0.05, 0) is 41.8 Å². The van der Waals surface area contributed by atoms with Crippen LogP contribution >= 0.6 is 11.8 Å². The summed E-state index contributed by atoms with van der Waals surface area (Å²) in [5.74, 6) is -0.0718. The molecule has 0 spiro atoms. The van der Waals surface area contributed by atoms with Gasteiger partial charge < -0.3 is 10.6 Å². The van der Waals surface area contributed by atoms with E-state index in [2.05, 4.69) is 24.5 Å². The van der Waals surface area contributed by atoms with E-state index >= 15 is 0 Å². The first-order valence-electron chi connectivity index (χ1n) is 8.94. The highest BCUT2D eigenvalue weighted by Gasteiger charge is 2.21. The summed E-state index contributed by atoms with van der Waals surface area (Å²) in [5, 5.41) is 5.44. The van der Waals surface area contributed by atoms with Gasteiger partial charge in [-0.3, -0.25) is 9.59 Å². The second-order valence-electron chi connectivity index (χ2n) is 6.89. The third-order valence-corrected chi connectivity index (χ3v) is 7.17. The highest BCUT2D eigenvalue weighted by atomic mass is 32.2. The Bertz CT molecular complexity index is 999. The van der Waals surface area contributed by atoms with Crippen molar-refractivity contribution < 1.29 is 18.0 Å². The number of sulfone groups is 1. The third kappa shape index (κ3) is 4.94. The normalized spacial score (nSPS) is 13.8. The van der Waals surface area contributed by atoms with Crippen molar-refractivity contribution in [1.29, 1.82) is 0 Å². The highest BCUT2D eigenvalue weighted by Crippen LogP contribution is 2.33. The van der Waals surface area contributed by atoms with Gasteiger partial charge in [0.15, 0.2) is 9.84 Å². The fraction of sp³-hybridized carbons (Fsp3) is 0.300. The largest absolute Gasteiger partial charge is 0.326 e. The van der Waals surface area contributed by atoms with Crippen LogP contribution in [0.3, 0.4) is 0 Å². The van der Waals surface area contributed by atoms with Crippen LogP contribution in [0.25, 0.3) is 0 Å². The van der Waals surface area contributed by atoms with Gasteiger partial charge in [0, 0.05) is 17.0 Å². The van der Waals surface area contributed by atoms with Gasteiger partial charge in [0.2, 0.25) is 11.8 Å². The Kier molecular flexibility index (Phi) is 6.10. The number of carbonyl (C=O) groups is 2. The summed E-state index contributed by atoms with van der Waals surface area (Å²) in [6.07, 6.45) is -0.130. The number of fused-ring (bicyclic) bond motifs is 1. The molecule has 0 saturated carbocycles. The molecule has 1 heterocycles. The smallest absolute Gasteiger partial charge is 0.234 e. The van der Waals surface area contributed by atoms with Crippen molar-refractivity contribution in [3.05, 3.63) is 48.0 Å². The standard InChI is InChI=1S/C20H22N2O4S2/c1-13(2)14-3-5-15(6-4-14)21-19(23)9-10-28(25,26)16-7-8-17-18(11-16)27-12-20(24)22-17/h3-8,11,13H,9-10,12H2,1-2H3,(H,21,23)(H,22,24).